The molecule has 0 saturated heterocycles. The second-order valence-electron chi connectivity index (χ2n) is 3.39. The van der Waals surface area contributed by atoms with Gasteiger partial charge in [-0.25, -0.2) is 0 Å². The van der Waals surface area contributed by atoms with Crippen LogP contribution in [0.25, 0.3) is 0 Å². The molecule has 0 radical (unpaired) electrons. The molecule has 4 N–H and O–H groups in total. The van der Waals surface area contributed by atoms with E-state index in [1.807, 2.05) is 0 Å². The molecule has 6 heteroatoms. The summed E-state index contributed by atoms with van der Waals surface area (Å²) in [6.45, 7) is 0. The molecule has 1 rings (SSSR count). The number of nitrogens with two attached hydrogens (primary N) is 1. The first-order valence-corrected chi connectivity index (χ1v) is 5.88. The van der Waals surface area contributed by atoms with Gasteiger partial charge in [-0.1, -0.05) is 28.1 Å². The largest absolute Gasteiger partial charge is 0.480 e. The number of allylic oxidation sites excluding steroid dienone is 2. The third-order valence-electron chi connectivity index (χ3n) is 2.10. The first kappa shape index (κ1) is 12.9. The Labute approximate surface area is 104 Å². The van der Waals surface area contributed by atoms with Crippen molar-refractivity contribution >= 4 is 37.8 Å². The van der Waals surface area contributed by atoms with Crippen LogP contribution in [-0.2, 0) is 4.79 Å². The standard InChI is InChI=1S/C9H11Br2NO3/c10-7-4-5(1-2-9(7,11)15)3-6(12)8(13)14/h1-2,4-6,15H,3,12H2,(H,13,14). The Bertz CT molecular complexity index is 325. The number of alkyl halides is 1. The molecular weight excluding hydrogens is 330 g/mol. The van der Waals surface area contributed by atoms with Crippen molar-refractivity contribution in [2.24, 2.45) is 11.7 Å². The van der Waals surface area contributed by atoms with Gasteiger partial charge in [0.25, 0.3) is 0 Å². The van der Waals surface area contributed by atoms with E-state index in [1.54, 1.807) is 18.2 Å². The van der Waals surface area contributed by atoms with E-state index in [0.29, 0.717) is 10.9 Å². The van der Waals surface area contributed by atoms with E-state index in [-0.39, 0.29) is 5.92 Å². The Hall–Kier alpha value is -0.170. The lowest BCUT2D eigenvalue weighted by Crippen LogP contribution is -2.32. The van der Waals surface area contributed by atoms with Crippen molar-refractivity contribution in [2.45, 2.75) is 17.0 Å². The highest BCUT2D eigenvalue weighted by atomic mass is 79.9. The van der Waals surface area contributed by atoms with Crippen molar-refractivity contribution in [2.75, 3.05) is 0 Å². The molecule has 0 spiro atoms. The number of hydrogen-bond acceptors (Lipinski definition) is 3. The summed E-state index contributed by atoms with van der Waals surface area (Å²) in [6.07, 6.45) is 5.32. The number of hydrogen-bond donors (Lipinski definition) is 3. The predicted octanol–water partition coefficient (Wildman–Crippen LogP) is 1.34. The summed E-state index contributed by atoms with van der Waals surface area (Å²) in [5.41, 5.74) is 5.41. The van der Waals surface area contributed by atoms with Gasteiger partial charge >= 0.3 is 5.97 Å². The number of aliphatic carboxylic acids is 1. The Balaban J connectivity index is 2.66. The predicted molar refractivity (Wildman–Crippen MR) is 63.7 cm³/mol. The Morgan fingerprint density at radius 1 is 1.73 bits per heavy atom. The zero-order chi connectivity index (χ0) is 11.6. The lowest BCUT2D eigenvalue weighted by atomic mass is 9.95. The van der Waals surface area contributed by atoms with Gasteiger partial charge in [-0.2, -0.15) is 0 Å². The number of carboxylic acid groups (broad SMARTS) is 1. The van der Waals surface area contributed by atoms with Gasteiger partial charge in [0.2, 0.25) is 0 Å². The molecule has 0 aromatic rings. The van der Waals surface area contributed by atoms with E-state index in [1.165, 1.54) is 0 Å². The fourth-order valence-corrected chi connectivity index (χ4v) is 1.99. The second-order valence-corrected chi connectivity index (χ2v) is 5.45. The maximum Gasteiger partial charge on any atom is 0.320 e. The zero-order valence-corrected chi connectivity index (χ0v) is 10.9. The molecule has 1 aliphatic rings. The van der Waals surface area contributed by atoms with Gasteiger partial charge in [0.05, 0.1) is 0 Å². The van der Waals surface area contributed by atoms with E-state index in [2.05, 4.69) is 31.9 Å². The zero-order valence-electron chi connectivity index (χ0n) is 7.73. The molecule has 0 heterocycles. The lowest BCUT2D eigenvalue weighted by Gasteiger charge is -2.24. The first-order chi connectivity index (χ1) is 6.83. The van der Waals surface area contributed by atoms with E-state index in [0.717, 1.165) is 0 Å². The van der Waals surface area contributed by atoms with Crippen molar-refractivity contribution in [3.8, 4) is 0 Å². The van der Waals surface area contributed by atoms with Crippen LogP contribution in [0, 0.1) is 5.92 Å². The van der Waals surface area contributed by atoms with Crippen molar-refractivity contribution in [3.63, 3.8) is 0 Å². The van der Waals surface area contributed by atoms with Crippen molar-refractivity contribution in [3.05, 3.63) is 22.7 Å². The molecule has 0 aliphatic heterocycles. The highest BCUT2D eigenvalue weighted by molar-refractivity contribution is 9.14. The maximum atomic E-state index is 10.5. The van der Waals surface area contributed by atoms with Gasteiger partial charge in [-0.05, 0) is 34.3 Å². The fourth-order valence-electron chi connectivity index (χ4n) is 1.23. The molecule has 0 fully saturated rings. The van der Waals surface area contributed by atoms with E-state index in [4.69, 9.17) is 10.8 Å². The number of carbonyl (C=O) groups is 1. The fraction of sp³-hybridized carbons (Fsp3) is 0.444. The normalized spacial score (nSPS) is 32.3. The van der Waals surface area contributed by atoms with Gasteiger partial charge in [-0.15, -0.1) is 0 Å². The SMILES string of the molecule is NC(CC1C=CC(O)(Br)C(Br)=C1)C(=O)O. The van der Waals surface area contributed by atoms with Gasteiger partial charge in [0, 0.05) is 4.48 Å². The molecule has 3 atom stereocenters. The van der Waals surface area contributed by atoms with Gasteiger partial charge in [0.15, 0.2) is 4.51 Å². The maximum absolute atomic E-state index is 10.5. The molecule has 0 saturated carbocycles. The van der Waals surface area contributed by atoms with Crippen LogP contribution in [0.5, 0.6) is 0 Å². The summed E-state index contributed by atoms with van der Waals surface area (Å²) in [5, 5.41) is 18.3. The van der Waals surface area contributed by atoms with Gasteiger partial charge in [-0.3, -0.25) is 4.79 Å². The van der Waals surface area contributed by atoms with Crippen LogP contribution >= 0.6 is 31.9 Å². The molecule has 1 aliphatic carbocycles. The second kappa shape index (κ2) is 4.78. The van der Waals surface area contributed by atoms with Crippen LogP contribution in [-0.4, -0.2) is 26.7 Å². The third-order valence-corrected chi connectivity index (χ3v) is 4.20. The Kier molecular flexibility index (Phi) is 4.11. The summed E-state index contributed by atoms with van der Waals surface area (Å²) in [5.74, 6) is -1.10. The molecule has 84 valence electrons. The summed E-state index contributed by atoms with van der Waals surface area (Å²) in [4.78, 5) is 10.5. The quantitative estimate of drug-likeness (QED) is 0.534. The Morgan fingerprint density at radius 2 is 2.33 bits per heavy atom. The van der Waals surface area contributed by atoms with E-state index in [9.17, 15) is 9.90 Å². The topological polar surface area (TPSA) is 83.5 Å². The number of halogens is 2. The average molecular weight is 341 g/mol. The van der Waals surface area contributed by atoms with Crippen LogP contribution < -0.4 is 5.73 Å². The van der Waals surface area contributed by atoms with Crippen LogP contribution in [0.1, 0.15) is 6.42 Å². The number of carboxylic acids is 1. The molecule has 3 unspecified atom stereocenters. The summed E-state index contributed by atoms with van der Waals surface area (Å²) < 4.78 is -0.628. The summed E-state index contributed by atoms with van der Waals surface area (Å²) in [7, 11) is 0. The van der Waals surface area contributed by atoms with E-state index >= 15 is 0 Å². The molecule has 15 heavy (non-hydrogen) atoms. The van der Waals surface area contributed by atoms with Crippen molar-refractivity contribution in [1.29, 1.82) is 0 Å². The first-order valence-electron chi connectivity index (χ1n) is 4.30. The number of aliphatic hydroxyl groups is 1. The van der Waals surface area contributed by atoms with Crippen LogP contribution in [0.4, 0.5) is 0 Å². The monoisotopic (exact) mass is 339 g/mol. The minimum Gasteiger partial charge on any atom is -0.480 e. The highest BCUT2D eigenvalue weighted by Gasteiger charge is 2.28. The van der Waals surface area contributed by atoms with Crippen LogP contribution in [0.15, 0.2) is 22.7 Å². The minimum absolute atomic E-state index is 0.0803. The van der Waals surface area contributed by atoms with Gasteiger partial charge in [0.1, 0.15) is 6.04 Å². The highest BCUT2D eigenvalue weighted by Crippen LogP contribution is 2.36. The van der Waals surface area contributed by atoms with Crippen LogP contribution in [0.3, 0.4) is 0 Å². The van der Waals surface area contributed by atoms with E-state index < -0.39 is 16.5 Å². The number of rotatable bonds is 3. The van der Waals surface area contributed by atoms with Crippen molar-refractivity contribution < 1.29 is 15.0 Å². The lowest BCUT2D eigenvalue weighted by molar-refractivity contribution is -0.138. The molecule has 0 aromatic carbocycles. The minimum atomic E-state index is -1.18. The molecule has 0 amide bonds. The molecular formula is C9H11Br2NO3. The third kappa shape index (κ3) is 3.41. The summed E-state index contributed by atoms with van der Waals surface area (Å²) >= 11 is 6.29. The molecule has 4 nitrogen and oxygen atoms in total. The Morgan fingerprint density at radius 3 is 2.80 bits per heavy atom. The summed E-state index contributed by atoms with van der Waals surface area (Å²) in [6, 6.07) is -0.891. The molecule has 0 aromatic heterocycles. The van der Waals surface area contributed by atoms with Crippen LogP contribution in [0.2, 0.25) is 0 Å². The van der Waals surface area contributed by atoms with Gasteiger partial charge < -0.3 is 15.9 Å². The van der Waals surface area contributed by atoms with Crippen molar-refractivity contribution in [1.82, 2.24) is 0 Å². The molecule has 0 bridgehead atoms. The smallest absolute Gasteiger partial charge is 0.320 e. The average Bonchev–Trinajstić information content (AvgIpc) is 2.12.